The summed E-state index contributed by atoms with van der Waals surface area (Å²) in [5.41, 5.74) is -1.21. The Balaban J connectivity index is 1.68. The Labute approximate surface area is 189 Å². The fourth-order valence-electron chi connectivity index (χ4n) is 3.29. The van der Waals surface area contributed by atoms with Crippen molar-refractivity contribution in [1.29, 1.82) is 0 Å². The number of amides is 1. The van der Waals surface area contributed by atoms with Gasteiger partial charge in [-0.1, -0.05) is 30.5 Å². The summed E-state index contributed by atoms with van der Waals surface area (Å²) >= 11 is 6.13. The number of rotatable bonds is 6. The summed E-state index contributed by atoms with van der Waals surface area (Å²) in [5, 5.41) is -0.0411. The number of carbonyl (C=O) groups excluding carboxylic acids is 1. The van der Waals surface area contributed by atoms with Crippen LogP contribution in [0.1, 0.15) is 31.2 Å². The number of hydrogen-bond acceptors (Lipinski definition) is 4. The van der Waals surface area contributed by atoms with Gasteiger partial charge in [0.05, 0.1) is 15.5 Å². The molecule has 0 radical (unpaired) electrons. The molecule has 1 saturated heterocycles. The maximum Gasteiger partial charge on any atom is 0.416 e. The third-order valence-electron chi connectivity index (χ3n) is 4.97. The van der Waals surface area contributed by atoms with Crippen LogP contribution in [0, 0.1) is 0 Å². The molecule has 32 heavy (non-hydrogen) atoms. The molecule has 174 valence electrons. The minimum atomic E-state index is -4.60. The third kappa shape index (κ3) is 6.29. The summed E-state index contributed by atoms with van der Waals surface area (Å²) in [6, 6.07) is 7.47. The molecule has 1 heterocycles. The zero-order valence-electron chi connectivity index (χ0n) is 17.0. The summed E-state index contributed by atoms with van der Waals surface area (Å²) in [4.78, 5) is 13.8. The molecule has 0 bridgehead atoms. The number of ether oxygens (including phenoxy) is 1. The summed E-state index contributed by atoms with van der Waals surface area (Å²) in [5.74, 6) is -0.0428. The van der Waals surface area contributed by atoms with E-state index in [0.29, 0.717) is 19.2 Å². The summed E-state index contributed by atoms with van der Waals surface area (Å²) in [7, 11) is -4.20. The van der Waals surface area contributed by atoms with Gasteiger partial charge in [-0.3, -0.25) is 9.52 Å². The van der Waals surface area contributed by atoms with E-state index < -0.39 is 21.8 Å². The lowest BCUT2D eigenvalue weighted by molar-refractivity contribution is -0.137. The first kappa shape index (κ1) is 24.2. The maximum absolute atomic E-state index is 12.9. The van der Waals surface area contributed by atoms with Crippen molar-refractivity contribution >= 4 is 33.2 Å². The van der Waals surface area contributed by atoms with Crippen LogP contribution in [0.5, 0.6) is 5.75 Å². The summed E-state index contributed by atoms with van der Waals surface area (Å²) in [6.07, 6.45) is -0.549. The number of likely N-dealkylation sites (tertiary alicyclic amines) is 1. The van der Waals surface area contributed by atoms with Crippen LogP contribution in [0.2, 0.25) is 5.02 Å². The lowest BCUT2D eigenvalue weighted by Crippen LogP contribution is -2.35. The Hall–Kier alpha value is -2.46. The molecule has 1 N–H and O–H groups in total. The van der Waals surface area contributed by atoms with Crippen molar-refractivity contribution < 1.29 is 31.1 Å². The van der Waals surface area contributed by atoms with Gasteiger partial charge in [0.15, 0.2) is 6.61 Å². The molecule has 1 aliphatic heterocycles. The van der Waals surface area contributed by atoms with Gasteiger partial charge >= 0.3 is 6.18 Å². The van der Waals surface area contributed by atoms with Gasteiger partial charge in [0.25, 0.3) is 15.9 Å². The number of hydrogen-bond donors (Lipinski definition) is 1. The molecular weight excluding hydrogens is 469 g/mol. The quantitative estimate of drug-likeness (QED) is 0.622. The van der Waals surface area contributed by atoms with E-state index >= 15 is 0 Å². The molecule has 0 atom stereocenters. The average molecular weight is 491 g/mol. The highest BCUT2D eigenvalue weighted by Crippen LogP contribution is 2.32. The molecule has 6 nitrogen and oxygen atoms in total. The van der Waals surface area contributed by atoms with Crippen LogP contribution in [0.3, 0.4) is 0 Å². The Morgan fingerprint density at radius 1 is 1.06 bits per heavy atom. The smallest absolute Gasteiger partial charge is 0.416 e. The second-order valence-corrected chi connectivity index (χ2v) is 9.45. The third-order valence-corrected chi connectivity index (χ3v) is 6.64. The van der Waals surface area contributed by atoms with Crippen molar-refractivity contribution in [3.8, 4) is 5.75 Å². The van der Waals surface area contributed by atoms with Gasteiger partial charge in [-0.15, -0.1) is 0 Å². The first-order valence-corrected chi connectivity index (χ1v) is 11.8. The van der Waals surface area contributed by atoms with E-state index in [1.54, 1.807) is 4.90 Å². The fraction of sp³-hybridized carbons (Fsp3) is 0.381. The molecule has 0 spiro atoms. The van der Waals surface area contributed by atoms with Crippen LogP contribution in [0.15, 0.2) is 47.4 Å². The van der Waals surface area contributed by atoms with Crippen molar-refractivity contribution in [2.45, 2.75) is 36.8 Å². The number of halogens is 4. The zero-order valence-corrected chi connectivity index (χ0v) is 18.6. The average Bonchev–Trinajstić information content (AvgIpc) is 3.01. The molecule has 11 heteroatoms. The molecule has 1 fully saturated rings. The molecule has 0 aromatic heterocycles. The maximum atomic E-state index is 12.9. The van der Waals surface area contributed by atoms with Crippen molar-refractivity contribution in [1.82, 2.24) is 4.90 Å². The first-order chi connectivity index (χ1) is 15.1. The Morgan fingerprint density at radius 3 is 2.38 bits per heavy atom. The SMILES string of the molecule is O=C(COc1ccc(S(=O)(=O)Nc2cccc(C(F)(F)F)c2)cc1Cl)N1CCCCCC1. The molecule has 0 saturated carbocycles. The van der Waals surface area contributed by atoms with Gasteiger partial charge in [0.2, 0.25) is 0 Å². The van der Waals surface area contributed by atoms with E-state index in [-0.39, 0.29) is 33.9 Å². The fourth-order valence-corrected chi connectivity index (χ4v) is 4.66. The van der Waals surface area contributed by atoms with Gasteiger partial charge in [-0.25, -0.2) is 8.42 Å². The van der Waals surface area contributed by atoms with E-state index in [0.717, 1.165) is 43.9 Å². The van der Waals surface area contributed by atoms with Crippen LogP contribution in [0.25, 0.3) is 0 Å². The molecule has 0 unspecified atom stereocenters. The molecule has 1 aliphatic rings. The van der Waals surface area contributed by atoms with E-state index in [2.05, 4.69) is 4.72 Å². The minimum Gasteiger partial charge on any atom is -0.482 e. The van der Waals surface area contributed by atoms with Crippen LogP contribution in [-0.4, -0.2) is 38.9 Å². The highest BCUT2D eigenvalue weighted by Gasteiger charge is 2.30. The molecule has 2 aromatic rings. The van der Waals surface area contributed by atoms with E-state index in [9.17, 15) is 26.4 Å². The first-order valence-electron chi connectivity index (χ1n) is 9.96. The Kier molecular flexibility index (Phi) is 7.55. The normalized spacial score (nSPS) is 15.2. The Bertz CT molecular complexity index is 1070. The topological polar surface area (TPSA) is 75.7 Å². The molecule has 0 aliphatic carbocycles. The number of alkyl halides is 3. The number of nitrogens with one attached hydrogen (secondary N) is 1. The van der Waals surface area contributed by atoms with E-state index in [1.807, 2.05) is 0 Å². The molecule has 1 amide bonds. The number of sulfonamides is 1. The number of anilines is 1. The number of benzene rings is 2. The predicted octanol–water partition coefficient (Wildman–Crippen LogP) is 4.94. The highest BCUT2D eigenvalue weighted by atomic mass is 35.5. The van der Waals surface area contributed by atoms with Gasteiger partial charge in [0, 0.05) is 18.8 Å². The van der Waals surface area contributed by atoms with Gasteiger partial charge in [0.1, 0.15) is 5.75 Å². The largest absolute Gasteiger partial charge is 0.482 e. The van der Waals surface area contributed by atoms with Crippen LogP contribution < -0.4 is 9.46 Å². The lowest BCUT2D eigenvalue weighted by atomic mass is 10.2. The minimum absolute atomic E-state index is 0.0411. The van der Waals surface area contributed by atoms with E-state index in [4.69, 9.17) is 16.3 Å². The second kappa shape index (κ2) is 9.99. The van der Waals surface area contributed by atoms with Crippen molar-refractivity contribution in [3.63, 3.8) is 0 Å². The zero-order chi connectivity index (χ0) is 23.4. The van der Waals surface area contributed by atoms with Crippen molar-refractivity contribution in [3.05, 3.63) is 53.1 Å². The van der Waals surface area contributed by atoms with Crippen LogP contribution in [-0.2, 0) is 21.0 Å². The van der Waals surface area contributed by atoms with Crippen LogP contribution in [0.4, 0.5) is 18.9 Å². The standard InChI is InChI=1S/C21H22ClF3N2O4S/c22-18-13-17(32(29,30)26-16-7-5-6-15(12-16)21(23,24)25)8-9-19(18)31-14-20(28)27-10-3-1-2-4-11-27/h5-9,12-13,26H,1-4,10-11,14H2. The highest BCUT2D eigenvalue weighted by molar-refractivity contribution is 7.92. The number of carbonyl (C=O) groups is 1. The van der Waals surface area contributed by atoms with Crippen molar-refractivity contribution in [2.24, 2.45) is 0 Å². The molecule has 2 aromatic carbocycles. The monoisotopic (exact) mass is 490 g/mol. The van der Waals surface area contributed by atoms with Gasteiger partial charge < -0.3 is 9.64 Å². The number of nitrogens with zero attached hydrogens (tertiary/aromatic N) is 1. The lowest BCUT2D eigenvalue weighted by Gasteiger charge is -2.20. The van der Waals surface area contributed by atoms with Gasteiger partial charge in [-0.2, -0.15) is 13.2 Å². The van der Waals surface area contributed by atoms with E-state index in [1.165, 1.54) is 18.2 Å². The van der Waals surface area contributed by atoms with Crippen molar-refractivity contribution in [2.75, 3.05) is 24.4 Å². The van der Waals surface area contributed by atoms with Crippen LogP contribution >= 0.6 is 11.6 Å². The second-order valence-electron chi connectivity index (χ2n) is 7.36. The predicted molar refractivity (Wildman–Crippen MR) is 114 cm³/mol. The molecule has 3 rings (SSSR count). The molecular formula is C21H22ClF3N2O4S. The summed E-state index contributed by atoms with van der Waals surface area (Å²) in [6.45, 7) is 1.12. The van der Waals surface area contributed by atoms with Gasteiger partial charge in [-0.05, 0) is 49.2 Å². The Morgan fingerprint density at radius 2 is 1.75 bits per heavy atom. The summed E-state index contributed by atoms with van der Waals surface area (Å²) < 4.78 is 71.3.